The van der Waals surface area contributed by atoms with Crippen LogP contribution in [0.25, 0.3) is 0 Å². The lowest BCUT2D eigenvalue weighted by Gasteiger charge is -2.39. The third-order valence-electron chi connectivity index (χ3n) is 4.24. The molecule has 0 radical (unpaired) electrons. The topological polar surface area (TPSA) is 98.7 Å². The van der Waals surface area contributed by atoms with Gasteiger partial charge in [0.25, 0.3) is 5.91 Å². The molecule has 0 saturated carbocycles. The number of piperidine rings is 1. The van der Waals surface area contributed by atoms with E-state index in [1.54, 1.807) is 4.90 Å². The molecule has 1 aromatic rings. The Balaban J connectivity index is 0.00000264. The van der Waals surface area contributed by atoms with Gasteiger partial charge < -0.3 is 15.4 Å². The average molecular weight is 344 g/mol. The van der Waals surface area contributed by atoms with E-state index in [0.717, 1.165) is 12.8 Å². The van der Waals surface area contributed by atoms with Gasteiger partial charge in [-0.3, -0.25) is 14.9 Å². The fourth-order valence-corrected chi connectivity index (χ4v) is 2.99. The van der Waals surface area contributed by atoms with Crippen molar-refractivity contribution in [3.05, 3.63) is 33.9 Å². The monoisotopic (exact) mass is 343 g/mol. The minimum absolute atomic E-state index is 0. The molecule has 0 bridgehead atoms. The number of nitro groups is 1. The Labute approximate surface area is 141 Å². The van der Waals surface area contributed by atoms with Crippen molar-refractivity contribution in [2.24, 2.45) is 11.7 Å². The summed E-state index contributed by atoms with van der Waals surface area (Å²) in [5.74, 6) is 0.281. The van der Waals surface area contributed by atoms with Crippen molar-refractivity contribution in [1.82, 2.24) is 4.90 Å². The van der Waals surface area contributed by atoms with Gasteiger partial charge in [-0.15, -0.1) is 12.4 Å². The Hall–Kier alpha value is -1.86. The molecular formula is C15H22ClN3O4. The molecular weight excluding hydrogens is 322 g/mol. The van der Waals surface area contributed by atoms with Gasteiger partial charge in [-0.05, 0) is 24.8 Å². The molecule has 1 aromatic carbocycles. The predicted octanol–water partition coefficient (Wildman–Crippen LogP) is 2.22. The van der Waals surface area contributed by atoms with Crippen LogP contribution in [-0.2, 0) is 0 Å². The standard InChI is InChI=1S/C15H21N3O4.ClH/c1-10-4-3-7-17(13(10)9-16)15(19)11-5-6-12(18(20)21)14(8-11)22-2;/h5-6,8,10,13H,3-4,7,9,16H2,1-2H3;1H. The fraction of sp³-hybridized carbons (Fsp3) is 0.533. The SMILES string of the molecule is COc1cc(C(=O)N2CCCC(C)C2CN)ccc1[N+](=O)[O-].Cl. The zero-order valence-electron chi connectivity index (χ0n) is 13.2. The van der Waals surface area contributed by atoms with Crippen LogP contribution in [0.15, 0.2) is 18.2 Å². The minimum atomic E-state index is -0.529. The first kappa shape index (κ1) is 19.2. The molecule has 2 N–H and O–H groups in total. The van der Waals surface area contributed by atoms with Crippen LogP contribution in [0.4, 0.5) is 5.69 Å². The van der Waals surface area contributed by atoms with E-state index in [2.05, 4.69) is 6.92 Å². The molecule has 7 nitrogen and oxygen atoms in total. The number of nitrogens with zero attached hydrogens (tertiary/aromatic N) is 2. The van der Waals surface area contributed by atoms with Crippen molar-refractivity contribution in [3.8, 4) is 5.75 Å². The van der Waals surface area contributed by atoms with E-state index < -0.39 is 4.92 Å². The molecule has 1 heterocycles. The number of likely N-dealkylation sites (tertiary alicyclic amines) is 1. The number of hydrogen-bond acceptors (Lipinski definition) is 5. The highest BCUT2D eigenvalue weighted by Gasteiger charge is 2.32. The number of ether oxygens (including phenoxy) is 1. The highest BCUT2D eigenvalue weighted by atomic mass is 35.5. The summed E-state index contributed by atoms with van der Waals surface area (Å²) in [6.45, 7) is 3.16. The van der Waals surface area contributed by atoms with E-state index in [-0.39, 0.29) is 35.8 Å². The number of benzene rings is 1. The number of halogens is 1. The number of carbonyl (C=O) groups is 1. The molecule has 1 amide bonds. The van der Waals surface area contributed by atoms with E-state index in [4.69, 9.17) is 10.5 Å². The Morgan fingerprint density at radius 1 is 1.52 bits per heavy atom. The number of nitro benzene ring substituents is 1. The quantitative estimate of drug-likeness (QED) is 0.667. The fourth-order valence-electron chi connectivity index (χ4n) is 2.99. The molecule has 1 saturated heterocycles. The van der Waals surface area contributed by atoms with Crippen molar-refractivity contribution in [2.75, 3.05) is 20.2 Å². The molecule has 0 spiro atoms. The van der Waals surface area contributed by atoms with E-state index in [1.807, 2.05) is 0 Å². The third-order valence-corrected chi connectivity index (χ3v) is 4.24. The molecule has 23 heavy (non-hydrogen) atoms. The van der Waals surface area contributed by atoms with Crippen LogP contribution in [0.2, 0.25) is 0 Å². The van der Waals surface area contributed by atoms with Crippen LogP contribution in [-0.4, -0.2) is 42.0 Å². The smallest absolute Gasteiger partial charge is 0.310 e. The van der Waals surface area contributed by atoms with Crippen molar-refractivity contribution in [3.63, 3.8) is 0 Å². The van der Waals surface area contributed by atoms with Crippen LogP contribution < -0.4 is 10.5 Å². The number of rotatable bonds is 4. The van der Waals surface area contributed by atoms with Gasteiger partial charge >= 0.3 is 5.69 Å². The largest absolute Gasteiger partial charge is 0.490 e. The number of methoxy groups -OCH3 is 1. The maximum atomic E-state index is 12.7. The lowest BCUT2D eigenvalue weighted by Crippen LogP contribution is -2.51. The first-order chi connectivity index (χ1) is 10.5. The van der Waals surface area contributed by atoms with E-state index in [0.29, 0.717) is 24.6 Å². The number of nitrogens with two attached hydrogens (primary N) is 1. The predicted molar refractivity (Wildman–Crippen MR) is 89.2 cm³/mol. The van der Waals surface area contributed by atoms with Crippen molar-refractivity contribution in [2.45, 2.75) is 25.8 Å². The second-order valence-corrected chi connectivity index (χ2v) is 5.56. The molecule has 0 aliphatic carbocycles. The summed E-state index contributed by atoms with van der Waals surface area (Å²) in [6.07, 6.45) is 1.99. The molecule has 1 aliphatic rings. The van der Waals surface area contributed by atoms with E-state index >= 15 is 0 Å². The Morgan fingerprint density at radius 3 is 2.78 bits per heavy atom. The van der Waals surface area contributed by atoms with Crippen LogP contribution >= 0.6 is 12.4 Å². The lowest BCUT2D eigenvalue weighted by molar-refractivity contribution is -0.385. The zero-order chi connectivity index (χ0) is 16.3. The number of amides is 1. The van der Waals surface area contributed by atoms with Gasteiger partial charge in [0.05, 0.1) is 12.0 Å². The van der Waals surface area contributed by atoms with Gasteiger partial charge in [-0.1, -0.05) is 6.92 Å². The molecule has 1 aliphatic heterocycles. The highest BCUT2D eigenvalue weighted by Crippen LogP contribution is 2.30. The molecule has 2 unspecified atom stereocenters. The van der Waals surface area contributed by atoms with Crippen molar-refractivity contribution in [1.29, 1.82) is 0 Å². The minimum Gasteiger partial charge on any atom is -0.490 e. The van der Waals surface area contributed by atoms with Crippen LogP contribution in [0.3, 0.4) is 0 Å². The summed E-state index contributed by atoms with van der Waals surface area (Å²) in [5.41, 5.74) is 6.04. The Morgan fingerprint density at radius 2 is 2.22 bits per heavy atom. The lowest BCUT2D eigenvalue weighted by atomic mass is 9.90. The van der Waals surface area contributed by atoms with Gasteiger partial charge in [0.2, 0.25) is 0 Å². The van der Waals surface area contributed by atoms with Gasteiger partial charge in [0.15, 0.2) is 5.75 Å². The van der Waals surface area contributed by atoms with Gasteiger partial charge in [0, 0.05) is 36.8 Å². The molecule has 128 valence electrons. The normalized spacial score (nSPS) is 20.6. The van der Waals surface area contributed by atoms with E-state index in [1.165, 1.54) is 25.3 Å². The van der Waals surface area contributed by atoms with Crippen LogP contribution in [0, 0.1) is 16.0 Å². The number of carbonyl (C=O) groups excluding carboxylic acids is 1. The first-order valence-electron chi connectivity index (χ1n) is 7.33. The summed E-state index contributed by atoms with van der Waals surface area (Å²) in [4.78, 5) is 24.9. The summed E-state index contributed by atoms with van der Waals surface area (Å²) in [5, 5.41) is 10.9. The maximum absolute atomic E-state index is 12.7. The molecule has 1 fully saturated rings. The van der Waals surface area contributed by atoms with Crippen molar-refractivity contribution >= 4 is 24.0 Å². The molecule has 2 atom stereocenters. The van der Waals surface area contributed by atoms with Gasteiger partial charge in [-0.2, -0.15) is 0 Å². The zero-order valence-corrected chi connectivity index (χ0v) is 14.0. The van der Waals surface area contributed by atoms with Gasteiger partial charge in [0.1, 0.15) is 0 Å². The van der Waals surface area contributed by atoms with Crippen LogP contribution in [0.1, 0.15) is 30.1 Å². The van der Waals surface area contributed by atoms with E-state index in [9.17, 15) is 14.9 Å². The Kier molecular flexibility index (Phi) is 6.78. The summed E-state index contributed by atoms with van der Waals surface area (Å²) in [7, 11) is 1.35. The molecule has 8 heteroatoms. The van der Waals surface area contributed by atoms with Crippen molar-refractivity contribution < 1.29 is 14.5 Å². The first-order valence-corrected chi connectivity index (χ1v) is 7.33. The van der Waals surface area contributed by atoms with Gasteiger partial charge in [-0.25, -0.2) is 0 Å². The third kappa shape index (κ3) is 3.92. The maximum Gasteiger partial charge on any atom is 0.310 e. The average Bonchev–Trinajstić information content (AvgIpc) is 2.53. The second kappa shape index (κ2) is 8.12. The molecule has 2 rings (SSSR count). The molecule has 0 aromatic heterocycles. The van der Waals surface area contributed by atoms with Crippen LogP contribution in [0.5, 0.6) is 5.75 Å². The summed E-state index contributed by atoms with van der Waals surface area (Å²) < 4.78 is 5.02. The second-order valence-electron chi connectivity index (χ2n) is 5.56. The summed E-state index contributed by atoms with van der Waals surface area (Å²) >= 11 is 0. The highest BCUT2D eigenvalue weighted by molar-refractivity contribution is 5.95. The Bertz CT molecular complexity index is 582. The summed E-state index contributed by atoms with van der Waals surface area (Å²) in [6, 6.07) is 4.20. The number of hydrogen-bond donors (Lipinski definition) is 1.